The van der Waals surface area contributed by atoms with E-state index in [1.165, 1.54) is 37.7 Å². The maximum absolute atomic E-state index is 11.0. The molecule has 170 valence electrons. The SMILES string of the molecule is CC(C)C(=Cc1ccccc1)[C@@H]1C[C@H]1NC1CCC(NCc2ccc(C(=O)O)cc2)CC1. The lowest BCUT2D eigenvalue weighted by Crippen LogP contribution is -2.41. The third kappa shape index (κ3) is 6.08. The average molecular weight is 433 g/mol. The van der Waals surface area contributed by atoms with Crippen molar-refractivity contribution in [3.05, 3.63) is 76.9 Å². The smallest absolute Gasteiger partial charge is 0.335 e. The lowest BCUT2D eigenvalue weighted by Gasteiger charge is -2.30. The van der Waals surface area contributed by atoms with Crippen molar-refractivity contribution in [3.8, 4) is 0 Å². The number of carbonyl (C=O) groups is 1. The highest BCUT2D eigenvalue weighted by molar-refractivity contribution is 5.87. The van der Waals surface area contributed by atoms with Crippen LogP contribution >= 0.6 is 0 Å². The number of hydrogen-bond acceptors (Lipinski definition) is 3. The number of rotatable bonds is 9. The van der Waals surface area contributed by atoms with Gasteiger partial charge in [-0.25, -0.2) is 4.79 Å². The summed E-state index contributed by atoms with van der Waals surface area (Å²) in [4.78, 5) is 11.0. The number of carboxylic acid groups (broad SMARTS) is 1. The van der Waals surface area contributed by atoms with Gasteiger partial charge in [-0.3, -0.25) is 0 Å². The average Bonchev–Trinajstić information content (AvgIpc) is 3.56. The second-order valence-corrected chi connectivity index (χ2v) is 9.76. The summed E-state index contributed by atoms with van der Waals surface area (Å²) in [5.74, 6) is 0.389. The summed E-state index contributed by atoms with van der Waals surface area (Å²) in [6.07, 6.45) is 8.50. The minimum atomic E-state index is -0.871. The van der Waals surface area contributed by atoms with Gasteiger partial charge >= 0.3 is 5.97 Å². The molecule has 2 atom stereocenters. The Hall–Kier alpha value is -2.43. The molecule has 2 aliphatic rings. The molecule has 2 aromatic carbocycles. The molecule has 0 heterocycles. The van der Waals surface area contributed by atoms with E-state index in [0.29, 0.717) is 35.5 Å². The minimum absolute atomic E-state index is 0.345. The largest absolute Gasteiger partial charge is 0.478 e. The molecule has 0 spiro atoms. The van der Waals surface area contributed by atoms with Crippen molar-refractivity contribution in [2.45, 2.75) is 70.6 Å². The maximum atomic E-state index is 11.0. The van der Waals surface area contributed by atoms with Crippen LogP contribution in [0.5, 0.6) is 0 Å². The molecule has 0 amide bonds. The van der Waals surface area contributed by atoms with Crippen LogP contribution in [0.4, 0.5) is 0 Å². The summed E-state index contributed by atoms with van der Waals surface area (Å²) in [5.41, 5.74) is 4.38. The summed E-state index contributed by atoms with van der Waals surface area (Å²) >= 11 is 0. The van der Waals surface area contributed by atoms with E-state index in [1.807, 2.05) is 12.1 Å². The summed E-state index contributed by atoms with van der Waals surface area (Å²) in [7, 11) is 0. The molecule has 0 unspecified atom stereocenters. The van der Waals surface area contributed by atoms with E-state index >= 15 is 0 Å². The summed E-state index contributed by atoms with van der Waals surface area (Å²) in [6, 6.07) is 19.7. The Morgan fingerprint density at radius 2 is 1.66 bits per heavy atom. The second-order valence-electron chi connectivity index (χ2n) is 9.76. The Morgan fingerprint density at radius 1 is 1.00 bits per heavy atom. The Morgan fingerprint density at radius 3 is 2.28 bits per heavy atom. The fourth-order valence-electron chi connectivity index (χ4n) is 4.99. The first-order valence-corrected chi connectivity index (χ1v) is 12.1. The predicted molar refractivity (Wildman–Crippen MR) is 131 cm³/mol. The lowest BCUT2D eigenvalue weighted by molar-refractivity contribution is 0.0697. The van der Waals surface area contributed by atoms with Gasteiger partial charge in [0.05, 0.1) is 5.56 Å². The van der Waals surface area contributed by atoms with Crippen LogP contribution in [0.1, 0.15) is 67.4 Å². The van der Waals surface area contributed by atoms with E-state index < -0.39 is 5.97 Å². The van der Waals surface area contributed by atoms with E-state index in [-0.39, 0.29) is 0 Å². The zero-order chi connectivity index (χ0) is 22.5. The quantitative estimate of drug-likeness (QED) is 0.489. The molecule has 0 aliphatic heterocycles. The number of benzene rings is 2. The predicted octanol–water partition coefficient (Wildman–Crippen LogP) is 5.50. The van der Waals surface area contributed by atoms with Crippen molar-refractivity contribution >= 4 is 12.0 Å². The van der Waals surface area contributed by atoms with Crippen LogP contribution in [0.15, 0.2) is 60.2 Å². The van der Waals surface area contributed by atoms with Gasteiger partial charge in [0.1, 0.15) is 0 Å². The monoisotopic (exact) mass is 432 g/mol. The van der Waals surface area contributed by atoms with Gasteiger partial charge in [-0.05, 0) is 67.2 Å². The molecule has 4 rings (SSSR count). The lowest BCUT2D eigenvalue weighted by atomic mass is 9.90. The molecule has 32 heavy (non-hydrogen) atoms. The first kappa shape index (κ1) is 22.8. The van der Waals surface area contributed by atoms with Crippen molar-refractivity contribution in [1.82, 2.24) is 10.6 Å². The van der Waals surface area contributed by atoms with Crippen LogP contribution in [0.3, 0.4) is 0 Å². The molecule has 4 heteroatoms. The highest BCUT2D eigenvalue weighted by Crippen LogP contribution is 2.42. The maximum Gasteiger partial charge on any atom is 0.335 e. The number of carboxylic acids is 1. The van der Waals surface area contributed by atoms with Gasteiger partial charge < -0.3 is 15.7 Å². The highest BCUT2D eigenvalue weighted by atomic mass is 16.4. The van der Waals surface area contributed by atoms with Gasteiger partial charge in [-0.15, -0.1) is 0 Å². The van der Waals surface area contributed by atoms with Gasteiger partial charge in [0.25, 0.3) is 0 Å². The first-order valence-electron chi connectivity index (χ1n) is 12.1. The normalized spacial score (nSPS) is 25.7. The third-order valence-corrected chi connectivity index (χ3v) is 6.99. The molecular weight excluding hydrogens is 396 g/mol. The summed E-state index contributed by atoms with van der Waals surface area (Å²) < 4.78 is 0. The van der Waals surface area contributed by atoms with Crippen LogP contribution in [0.25, 0.3) is 6.08 Å². The van der Waals surface area contributed by atoms with E-state index in [2.05, 4.69) is 60.9 Å². The summed E-state index contributed by atoms with van der Waals surface area (Å²) in [5, 5.41) is 16.6. The Kier molecular flexibility index (Phi) is 7.44. The molecule has 0 saturated heterocycles. The molecule has 4 nitrogen and oxygen atoms in total. The fourth-order valence-corrected chi connectivity index (χ4v) is 4.99. The van der Waals surface area contributed by atoms with Crippen molar-refractivity contribution in [2.24, 2.45) is 11.8 Å². The topological polar surface area (TPSA) is 61.4 Å². The van der Waals surface area contributed by atoms with Crippen molar-refractivity contribution < 1.29 is 9.90 Å². The number of nitrogens with one attached hydrogen (secondary N) is 2. The molecule has 2 saturated carbocycles. The van der Waals surface area contributed by atoms with E-state index in [1.54, 1.807) is 17.7 Å². The van der Waals surface area contributed by atoms with Gasteiger partial charge in [-0.1, -0.05) is 68.0 Å². The van der Waals surface area contributed by atoms with Gasteiger partial charge in [0, 0.05) is 24.7 Å². The second kappa shape index (κ2) is 10.5. The van der Waals surface area contributed by atoms with Crippen LogP contribution < -0.4 is 10.6 Å². The highest BCUT2D eigenvalue weighted by Gasteiger charge is 2.41. The van der Waals surface area contributed by atoms with Crippen LogP contribution in [0, 0.1) is 11.8 Å². The zero-order valence-corrected chi connectivity index (χ0v) is 19.3. The van der Waals surface area contributed by atoms with Crippen molar-refractivity contribution in [1.29, 1.82) is 0 Å². The molecule has 2 aliphatic carbocycles. The van der Waals surface area contributed by atoms with Crippen molar-refractivity contribution in [2.75, 3.05) is 0 Å². The van der Waals surface area contributed by atoms with Gasteiger partial charge in [-0.2, -0.15) is 0 Å². The molecule has 0 bridgehead atoms. The van der Waals surface area contributed by atoms with E-state index in [9.17, 15) is 4.79 Å². The van der Waals surface area contributed by atoms with Crippen LogP contribution in [-0.2, 0) is 6.54 Å². The van der Waals surface area contributed by atoms with Crippen molar-refractivity contribution in [3.63, 3.8) is 0 Å². The Balaban J connectivity index is 1.21. The Labute approximate surface area is 192 Å². The third-order valence-electron chi connectivity index (χ3n) is 6.99. The van der Waals surface area contributed by atoms with Gasteiger partial charge in [0.2, 0.25) is 0 Å². The first-order chi connectivity index (χ1) is 15.5. The number of hydrogen-bond donors (Lipinski definition) is 3. The summed E-state index contributed by atoms with van der Waals surface area (Å²) in [6.45, 7) is 5.43. The van der Waals surface area contributed by atoms with Gasteiger partial charge in [0.15, 0.2) is 0 Å². The molecule has 3 N–H and O–H groups in total. The number of aromatic carboxylic acids is 1. The molecule has 0 aromatic heterocycles. The Bertz CT molecular complexity index is 912. The minimum Gasteiger partial charge on any atom is -0.478 e. The molecule has 2 aromatic rings. The van der Waals surface area contributed by atoms with Crippen LogP contribution in [0.2, 0.25) is 0 Å². The molecule has 2 fully saturated rings. The fraction of sp³-hybridized carbons (Fsp3) is 0.464. The standard InChI is InChI=1S/C28H36N2O2/c1-19(2)25(16-20-6-4-3-5-7-20)26-17-27(26)30-24-14-12-23(13-15-24)29-18-21-8-10-22(11-9-21)28(31)32/h3-11,16,19,23-24,26-27,29-30H,12-15,17-18H2,1-2H3,(H,31,32)/t23?,24?,26-,27+/m0/s1. The van der Waals surface area contributed by atoms with Crippen LogP contribution in [-0.4, -0.2) is 29.2 Å². The molecular formula is C28H36N2O2. The van der Waals surface area contributed by atoms with E-state index in [0.717, 1.165) is 12.1 Å². The van der Waals surface area contributed by atoms with E-state index in [4.69, 9.17) is 5.11 Å². The molecule has 0 radical (unpaired) electrons. The zero-order valence-electron chi connectivity index (χ0n) is 19.3.